The van der Waals surface area contributed by atoms with Gasteiger partial charge in [-0.15, -0.1) is 11.8 Å². The number of nitrogens with zero attached hydrogens (tertiary/aromatic N) is 2. The van der Waals surface area contributed by atoms with E-state index in [9.17, 15) is 23.5 Å². The van der Waals surface area contributed by atoms with E-state index in [1.807, 2.05) is 0 Å². The quantitative estimate of drug-likeness (QED) is 0.712. The number of rotatable bonds is 3. The van der Waals surface area contributed by atoms with Crippen molar-refractivity contribution in [1.29, 1.82) is 5.41 Å². The highest BCUT2D eigenvalue weighted by Gasteiger charge is 2.38. The van der Waals surface area contributed by atoms with Gasteiger partial charge in [0.2, 0.25) is 0 Å². The molecule has 2 aliphatic rings. The highest BCUT2D eigenvalue weighted by atomic mass is 32.2. The minimum absolute atomic E-state index is 0.101. The highest BCUT2D eigenvalue weighted by molar-refractivity contribution is 8.14. The Balaban J connectivity index is 1.89. The Morgan fingerprint density at radius 1 is 1.42 bits per heavy atom. The molecule has 2 heterocycles. The van der Waals surface area contributed by atoms with E-state index in [0.29, 0.717) is 5.75 Å². The number of aliphatic hydroxyl groups excluding tert-OH is 1. The molecule has 0 saturated carbocycles. The molecule has 2 saturated heterocycles. The Morgan fingerprint density at radius 3 is 2.69 bits per heavy atom. The fourth-order valence-corrected chi connectivity index (χ4v) is 3.56. The second-order valence-corrected chi connectivity index (χ2v) is 6.77. The third kappa shape index (κ3) is 3.19. The number of hydrogen-bond donors (Lipinski definition) is 3. The highest BCUT2D eigenvalue weighted by Crippen LogP contribution is 2.33. The molecule has 26 heavy (non-hydrogen) atoms. The predicted molar refractivity (Wildman–Crippen MR) is 91.6 cm³/mol. The molecule has 0 radical (unpaired) electrons. The van der Waals surface area contributed by atoms with Crippen molar-refractivity contribution < 1.29 is 28.2 Å². The van der Waals surface area contributed by atoms with Gasteiger partial charge in [-0.25, -0.2) is 13.6 Å². The van der Waals surface area contributed by atoms with Gasteiger partial charge >= 0.3 is 6.09 Å². The molecule has 0 aliphatic carbocycles. The monoisotopic (exact) mass is 386 g/mol. The predicted octanol–water partition coefficient (Wildman–Crippen LogP) is 0.885. The van der Waals surface area contributed by atoms with Gasteiger partial charge in [-0.05, 0) is 0 Å². The van der Waals surface area contributed by atoms with E-state index in [1.54, 1.807) is 0 Å². The molecule has 3 N–H and O–H groups in total. The maximum Gasteiger partial charge on any atom is 0.415 e. The van der Waals surface area contributed by atoms with E-state index in [2.05, 4.69) is 5.32 Å². The summed E-state index contributed by atoms with van der Waals surface area (Å²) >= 11 is 1.10. The van der Waals surface area contributed by atoms with Crippen LogP contribution in [0.3, 0.4) is 0 Å². The number of likely N-dealkylation sites (N-methyl/N-ethyl adjacent to an activating group) is 1. The second-order valence-electron chi connectivity index (χ2n) is 5.64. The summed E-state index contributed by atoms with van der Waals surface area (Å²) in [6.07, 6.45) is -3.39. The van der Waals surface area contributed by atoms with Crippen molar-refractivity contribution in [2.45, 2.75) is 12.3 Å². The lowest BCUT2D eigenvalue weighted by Gasteiger charge is -2.34. The lowest BCUT2D eigenvalue weighted by Crippen LogP contribution is -2.46. The Hall–Kier alpha value is -2.40. The number of halogens is 2. The molecular weight excluding hydrogens is 370 g/mol. The third-order valence-corrected chi connectivity index (χ3v) is 4.98. The first kappa shape index (κ1) is 18.4. The van der Waals surface area contributed by atoms with E-state index in [4.69, 9.17) is 10.1 Å². The van der Waals surface area contributed by atoms with Crippen LogP contribution in [0, 0.1) is 17.0 Å². The number of amides is 2. The van der Waals surface area contributed by atoms with Gasteiger partial charge in [0.1, 0.15) is 10.7 Å². The molecule has 140 valence electrons. The van der Waals surface area contributed by atoms with Gasteiger partial charge in [-0.1, -0.05) is 0 Å². The first-order valence-corrected chi connectivity index (χ1v) is 8.66. The first-order chi connectivity index (χ1) is 12.3. The average Bonchev–Trinajstić information content (AvgIpc) is 2.99. The number of cyclic esters (lactones) is 1. The summed E-state index contributed by atoms with van der Waals surface area (Å²) in [5.74, 6) is -2.10. The molecule has 3 rings (SSSR count). The number of nitrogens with one attached hydrogen (secondary N) is 2. The third-order valence-electron chi connectivity index (χ3n) is 4.07. The van der Waals surface area contributed by atoms with E-state index in [0.717, 1.165) is 33.7 Å². The maximum atomic E-state index is 14.6. The van der Waals surface area contributed by atoms with Gasteiger partial charge < -0.3 is 20.1 Å². The van der Waals surface area contributed by atoms with Gasteiger partial charge in [-0.2, -0.15) is 0 Å². The van der Waals surface area contributed by atoms with Crippen molar-refractivity contribution in [2.24, 2.45) is 0 Å². The van der Waals surface area contributed by atoms with E-state index in [-0.39, 0.29) is 23.8 Å². The molecule has 1 unspecified atom stereocenters. The van der Waals surface area contributed by atoms with E-state index >= 15 is 0 Å². The van der Waals surface area contributed by atoms with Crippen molar-refractivity contribution in [2.75, 3.05) is 35.7 Å². The standard InChI is InChI=1S/C15H16F2N4O4S/c1-19-13(22)10-6-21(15(24)25-10)7-4-8(16)11(9(17)5-7)20-2-3-26-12(18)14(20)23/h4-5,10,14,18,23H,2-3,6H2,1H3,(H,19,22)/t10-,14?/m1/s1. The zero-order valence-corrected chi connectivity index (χ0v) is 14.5. The summed E-state index contributed by atoms with van der Waals surface area (Å²) in [6, 6.07) is 1.87. The van der Waals surface area contributed by atoms with Crippen LogP contribution in [-0.2, 0) is 9.53 Å². The molecule has 2 fully saturated rings. The minimum atomic E-state index is -1.43. The van der Waals surface area contributed by atoms with Crippen molar-refractivity contribution in [1.82, 2.24) is 5.32 Å². The average molecular weight is 386 g/mol. The fraction of sp³-hybridized carbons (Fsp3) is 0.400. The maximum absolute atomic E-state index is 14.6. The van der Waals surface area contributed by atoms with Gasteiger partial charge in [-0.3, -0.25) is 15.1 Å². The molecule has 2 aliphatic heterocycles. The molecule has 1 aromatic rings. The summed E-state index contributed by atoms with van der Waals surface area (Å²) < 4.78 is 34.0. The van der Waals surface area contributed by atoms with Crippen molar-refractivity contribution in [3.63, 3.8) is 0 Å². The number of aliphatic hydroxyl groups is 1. The van der Waals surface area contributed by atoms with E-state index in [1.165, 1.54) is 7.05 Å². The van der Waals surface area contributed by atoms with Crippen LogP contribution in [0.1, 0.15) is 0 Å². The molecule has 0 aromatic heterocycles. The van der Waals surface area contributed by atoms with Gasteiger partial charge in [0.25, 0.3) is 5.91 Å². The molecule has 2 atom stereocenters. The van der Waals surface area contributed by atoms with Crippen LogP contribution in [0.25, 0.3) is 0 Å². The van der Waals surface area contributed by atoms with Crippen LogP contribution >= 0.6 is 11.8 Å². The topological polar surface area (TPSA) is 106 Å². The van der Waals surface area contributed by atoms with Crippen LogP contribution < -0.4 is 15.1 Å². The summed E-state index contributed by atoms with van der Waals surface area (Å²) in [4.78, 5) is 25.5. The van der Waals surface area contributed by atoms with Crippen molar-refractivity contribution in [3.05, 3.63) is 23.8 Å². The number of ether oxygens (including phenoxy) is 1. The van der Waals surface area contributed by atoms with Crippen molar-refractivity contribution >= 4 is 40.2 Å². The molecule has 0 bridgehead atoms. The number of carbonyl (C=O) groups is 2. The van der Waals surface area contributed by atoms with Gasteiger partial charge in [0.05, 0.1) is 12.2 Å². The summed E-state index contributed by atoms with van der Waals surface area (Å²) in [5, 5.41) is 19.9. The Labute approximate surface area is 151 Å². The lowest BCUT2D eigenvalue weighted by atomic mass is 10.2. The summed E-state index contributed by atoms with van der Waals surface area (Å²) in [5.41, 5.74) is -0.571. The van der Waals surface area contributed by atoms with Gasteiger partial charge in [0.15, 0.2) is 24.0 Å². The second kappa shape index (κ2) is 7.08. The lowest BCUT2D eigenvalue weighted by molar-refractivity contribution is -0.127. The molecule has 11 heteroatoms. The van der Waals surface area contributed by atoms with E-state index < -0.39 is 41.7 Å². The molecule has 1 aromatic carbocycles. The largest absolute Gasteiger partial charge is 0.434 e. The Kier molecular flexibility index (Phi) is 5.01. The van der Waals surface area contributed by atoms with Crippen LogP contribution in [0.2, 0.25) is 0 Å². The van der Waals surface area contributed by atoms with Crippen LogP contribution in [0.4, 0.5) is 25.0 Å². The molecular formula is C15H16F2N4O4S. The van der Waals surface area contributed by atoms with Crippen LogP contribution in [0.15, 0.2) is 12.1 Å². The number of hydrogen-bond acceptors (Lipinski definition) is 7. The van der Waals surface area contributed by atoms with Crippen LogP contribution in [-0.4, -0.2) is 60.4 Å². The fourth-order valence-electron chi connectivity index (χ4n) is 2.78. The zero-order valence-electron chi connectivity index (χ0n) is 13.7. The molecule has 2 amide bonds. The number of benzene rings is 1. The summed E-state index contributed by atoms with van der Waals surface area (Å²) in [6.45, 7) is -0.0176. The normalized spacial score (nSPS) is 23.2. The Bertz CT molecular complexity index is 755. The number of anilines is 2. The smallest absolute Gasteiger partial charge is 0.415 e. The zero-order chi connectivity index (χ0) is 19.0. The van der Waals surface area contributed by atoms with Crippen molar-refractivity contribution in [3.8, 4) is 0 Å². The first-order valence-electron chi connectivity index (χ1n) is 7.68. The Morgan fingerprint density at radius 2 is 2.08 bits per heavy atom. The number of carbonyl (C=O) groups excluding carboxylic acids is 2. The summed E-state index contributed by atoms with van der Waals surface area (Å²) in [7, 11) is 1.38. The molecule has 8 nitrogen and oxygen atoms in total. The minimum Gasteiger partial charge on any atom is -0.434 e. The number of thioether (sulfide) groups is 1. The van der Waals surface area contributed by atoms with Gasteiger partial charge in [0, 0.05) is 31.5 Å². The SMILES string of the molecule is CNC(=O)[C@H]1CN(c2cc(F)c(N3CCSC(=N)C3O)c(F)c2)C(=O)O1. The molecule has 0 spiro atoms. The van der Waals surface area contributed by atoms with Crippen LogP contribution in [0.5, 0.6) is 0 Å².